The molecule has 3 aromatic carbocycles. The summed E-state index contributed by atoms with van der Waals surface area (Å²) in [5.74, 6) is -0.212. The van der Waals surface area contributed by atoms with Gasteiger partial charge in [0.1, 0.15) is 5.82 Å². The summed E-state index contributed by atoms with van der Waals surface area (Å²) in [7, 11) is 0. The van der Waals surface area contributed by atoms with E-state index in [0.717, 1.165) is 28.7 Å². The van der Waals surface area contributed by atoms with E-state index in [1.165, 1.54) is 12.1 Å². The zero-order chi connectivity index (χ0) is 23.4. The summed E-state index contributed by atoms with van der Waals surface area (Å²) in [5.41, 5.74) is 3.53. The summed E-state index contributed by atoms with van der Waals surface area (Å²) >= 11 is 0. The van der Waals surface area contributed by atoms with Crippen molar-refractivity contribution in [1.82, 2.24) is 4.90 Å². The SMILES string of the molecule is C[C@H](c1ccc(-c2ccc(F)cc2)cc1)N1CC[C@@](C[C@@H](O)CO)(c2ccccc2)CC1=O. The molecule has 33 heavy (non-hydrogen) atoms. The second-order valence-corrected chi connectivity index (χ2v) is 9.01. The molecular formula is C28H30FNO3. The first-order valence-corrected chi connectivity index (χ1v) is 11.4. The molecule has 0 aliphatic carbocycles. The summed E-state index contributed by atoms with van der Waals surface area (Å²) in [5, 5.41) is 19.7. The van der Waals surface area contributed by atoms with Crippen LogP contribution in [0.25, 0.3) is 11.1 Å². The van der Waals surface area contributed by atoms with Crippen molar-refractivity contribution in [2.24, 2.45) is 0 Å². The van der Waals surface area contributed by atoms with Crippen molar-refractivity contribution in [2.45, 2.75) is 43.7 Å². The Morgan fingerprint density at radius 3 is 2.15 bits per heavy atom. The summed E-state index contributed by atoms with van der Waals surface area (Å²) in [6, 6.07) is 24.2. The lowest BCUT2D eigenvalue weighted by molar-refractivity contribution is -0.139. The maximum atomic E-state index is 13.3. The number of aliphatic hydroxyl groups excluding tert-OH is 2. The number of halogens is 1. The Bertz CT molecular complexity index is 1070. The van der Waals surface area contributed by atoms with E-state index in [2.05, 4.69) is 0 Å². The maximum Gasteiger partial charge on any atom is 0.223 e. The second kappa shape index (κ2) is 9.86. The summed E-state index contributed by atoms with van der Waals surface area (Å²) in [6.07, 6.45) is 0.513. The lowest BCUT2D eigenvalue weighted by Gasteiger charge is -2.44. The van der Waals surface area contributed by atoms with Gasteiger partial charge in [0.25, 0.3) is 0 Å². The molecule has 1 aliphatic rings. The van der Waals surface area contributed by atoms with Gasteiger partial charge in [-0.15, -0.1) is 0 Å². The highest BCUT2D eigenvalue weighted by Gasteiger charge is 2.42. The number of likely N-dealkylation sites (tertiary alicyclic amines) is 1. The number of carbonyl (C=O) groups is 1. The van der Waals surface area contributed by atoms with Gasteiger partial charge in [0.2, 0.25) is 5.91 Å². The standard InChI is InChI=1S/C28H30FNO3/c1-20(21-7-9-22(10-8-21)23-11-13-25(29)14-12-23)30-16-15-28(18-27(30)33,17-26(32)19-31)24-5-3-2-4-6-24/h2-14,20,26,31-32H,15-19H2,1H3/t20-,26-,28+/m1/s1. The summed E-state index contributed by atoms with van der Waals surface area (Å²) in [6.45, 7) is 2.29. The molecule has 1 heterocycles. The fraction of sp³-hybridized carbons (Fsp3) is 0.321. The fourth-order valence-electron chi connectivity index (χ4n) is 4.97. The van der Waals surface area contributed by atoms with Crippen molar-refractivity contribution in [3.63, 3.8) is 0 Å². The zero-order valence-electron chi connectivity index (χ0n) is 18.8. The third-order valence-corrected chi connectivity index (χ3v) is 6.90. The minimum atomic E-state index is -0.860. The van der Waals surface area contributed by atoms with Crippen molar-refractivity contribution in [2.75, 3.05) is 13.2 Å². The number of rotatable bonds is 7. The Labute approximate surface area is 194 Å². The lowest BCUT2D eigenvalue weighted by Crippen LogP contribution is -2.48. The van der Waals surface area contributed by atoms with Gasteiger partial charge in [-0.05, 0) is 54.2 Å². The minimum Gasteiger partial charge on any atom is -0.394 e. The third kappa shape index (κ3) is 5.00. The number of carbonyl (C=O) groups excluding carboxylic acids is 1. The summed E-state index contributed by atoms with van der Waals surface area (Å²) < 4.78 is 13.2. The number of hydrogen-bond donors (Lipinski definition) is 2. The lowest BCUT2D eigenvalue weighted by atomic mass is 9.68. The van der Waals surface area contributed by atoms with Crippen LogP contribution in [0, 0.1) is 5.82 Å². The predicted molar refractivity (Wildman–Crippen MR) is 127 cm³/mol. The van der Waals surface area contributed by atoms with Crippen LogP contribution in [0.4, 0.5) is 4.39 Å². The molecular weight excluding hydrogens is 417 g/mol. The Balaban J connectivity index is 1.51. The van der Waals surface area contributed by atoms with E-state index in [-0.39, 0.29) is 24.4 Å². The quantitative estimate of drug-likeness (QED) is 0.544. The molecule has 0 bridgehead atoms. The van der Waals surface area contributed by atoms with Gasteiger partial charge in [-0.25, -0.2) is 4.39 Å². The molecule has 172 valence electrons. The van der Waals surface area contributed by atoms with Crippen molar-refractivity contribution < 1.29 is 19.4 Å². The number of amides is 1. The number of benzene rings is 3. The Morgan fingerprint density at radius 1 is 0.970 bits per heavy atom. The molecule has 4 nitrogen and oxygen atoms in total. The summed E-state index contributed by atoms with van der Waals surface area (Å²) in [4.78, 5) is 15.2. The molecule has 1 amide bonds. The van der Waals surface area contributed by atoms with E-state index in [1.54, 1.807) is 12.1 Å². The highest BCUT2D eigenvalue weighted by atomic mass is 19.1. The monoisotopic (exact) mass is 447 g/mol. The van der Waals surface area contributed by atoms with Crippen LogP contribution in [-0.4, -0.2) is 40.3 Å². The Kier molecular flexibility index (Phi) is 6.91. The zero-order valence-corrected chi connectivity index (χ0v) is 18.8. The van der Waals surface area contributed by atoms with Gasteiger partial charge >= 0.3 is 0 Å². The minimum absolute atomic E-state index is 0.0466. The first-order valence-electron chi connectivity index (χ1n) is 11.4. The van der Waals surface area contributed by atoms with Crippen molar-refractivity contribution in [3.05, 3.63) is 95.8 Å². The molecule has 3 atom stereocenters. The normalized spacial score (nSPS) is 20.5. The number of aliphatic hydroxyl groups is 2. The van der Waals surface area contributed by atoms with E-state index in [0.29, 0.717) is 19.4 Å². The van der Waals surface area contributed by atoms with Crippen LogP contribution >= 0.6 is 0 Å². The first kappa shape index (κ1) is 23.1. The van der Waals surface area contributed by atoms with Crippen LogP contribution < -0.4 is 0 Å². The van der Waals surface area contributed by atoms with E-state index < -0.39 is 11.5 Å². The highest BCUT2D eigenvalue weighted by Crippen LogP contribution is 2.42. The van der Waals surface area contributed by atoms with Crippen molar-refractivity contribution in [3.8, 4) is 11.1 Å². The molecule has 0 radical (unpaired) electrons. The molecule has 0 spiro atoms. The van der Waals surface area contributed by atoms with E-state index in [1.807, 2.05) is 66.4 Å². The van der Waals surface area contributed by atoms with Crippen LogP contribution in [0.2, 0.25) is 0 Å². The van der Waals surface area contributed by atoms with Gasteiger partial charge < -0.3 is 15.1 Å². The third-order valence-electron chi connectivity index (χ3n) is 6.90. The number of hydrogen-bond acceptors (Lipinski definition) is 3. The molecule has 1 aliphatic heterocycles. The van der Waals surface area contributed by atoms with E-state index in [4.69, 9.17) is 0 Å². The van der Waals surface area contributed by atoms with Crippen LogP contribution in [0.5, 0.6) is 0 Å². The van der Waals surface area contributed by atoms with Crippen molar-refractivity contribution in [1.29, 1.82) is 0 Å². The van der Waals surface area contributed by atoms with Crippen LogP contribution in [0.15, 0.2) is 78.9 Å². The molecule has 3 aromatic rings. The largest absolute Gasteiger partial charge is 0.394 e. The van der Waals surface area contributed by atoms with Gasteiger partial charge in [0, 0.05) is 18.4 Å². The molecule has 0 saturated carbocycles. The fourth-order valence-corrected chi connectivity index (χ4v) is 4.97. The Morgan fingerprint density at radius 2 is 1.58 bits per heavy atom. The van der Waals surface area contributed by atoms with Gasteiger partial charge in [0.15, 0.2) is 0 Å². The molecule has 4 rings (SSSR count). The van der Waals surface area contributed by atoms with Gasteiger partial charge in [0.05, 0.1) is 18.8 Å². The van der Waals surface area contributed by atoms with E-state index in [9.17, 15) is 19.4 Å². The number of nitrogens with zero attached hydrogens (tertiary/aromatic N) is 1. The molecule has 5 heteroatoms. The predicted octanol–water partition coefficient (Wildman–Crippen LogP) is 4.86. The first-order chi connectivity index (χ1) is 15.9. The second-order valence-electron chi connectivity index (χ2n) is 9.01. The maximum absolute atomic E-state index is 13.3. The van der Waals surface area contributed by atoms with Gasteiger partial charge in [-0.2, -0.15) is 0 Å². The van der Waals surface area contributed by atoms with E-state index >= 15 is 0 Å². The van der Waals surface area contributed by atoms with Crippen LogP contribution in [0.3, 0.4) is 0 Å². The molecule has 0 unspecified atom stereocenters. The van der Waals surface area contributed by atoms with Crippen LogP contribution in [-0.2, 0) is 10.2 Å². The molecule has 1 fully saturated rings. The van der Waals surface area contributed by atoms with Crippen molar-refractivity contribution >= 4 is 5.91 Å². The van der Waals surface area contributed by atoms with Gasteiger partial charge in [-0.1, -0.05) is 66.7 Å². The molecule has 1 saturated heterocycles. The van der Waals surface area contributed by atoms with Crippen LogP contribution in [0.1, 0.15) is 43.4 Å². The Hall–Kier alpha value is -3.02. The van der Waals surface area contributed by atoms with Gasteiger partial charge in [-0.3, -0.25) is 4.79 Å². The average Bonchev–Trinajstić information content (AvgIpc) is 2.85. The topological polar surface area (TPSA) is 60.8 Å². The number of piperidine rings is 1. The average molecular weight is 448 g/mol. The molecule has 0 aromatic heterocycles. The highest BCUT2D eigenvalue weighted by molar-refractivity contribution is 5.79. The smallest absolute Gasteiger partial charge is 0.223 e. The molecule has 2 N–H and O–H groups in total.